The van der Waals surface area contributed by atoms with E-state index in [0.29, 0.717) is 16.8 Å². The summed E-state index contributed by atoms with van der Waals surface area (Å²) in [6.45, 7) is 3.83. The summed E-state index contributed by atoms with van der Waals surface area (Å²) < 4.78 is 42.4. The fraction of sp³-hybridized carbons (Fsp3) is 0.308. The number of rotatable bonds is 2. The molecule has 19 heavy (non-hydrogen) atoms. The standard InChI is InChI=1S/C13H13F3N2O/c1-7(2)10-11(18-19-12(10)17)8-3-5-9(6-4-8)13(14,15)16/h3-7H,17H2,1-2H3. The van der Waals surface area contributed by atoms with E-state index in [4.69, 9.17) is 10.3 Å². The lowest BCUT2D eigenvalue weighted by atomic mass is 9.98. The predicted octanol–water partition coefficient (Wildman–Crippen LogP) is 4.07. The zero-order chi connectivity index (χ0) is 14.2. The Morgan fingerprint density at radius 3 is 2.21 bits per heavy atom. The van der Waals surface area contributed by atoms with E-state index < -0.39 is 11.7 Å². The molecule has 3 nitrogen and oxygen atoms in total. The molecule has 2 aromatic rings. The molecule has 0 unspecified atom stereocenters. The number of nitrogens with zero attached hydrogens (tertiary/aromatic N) is 1. The van der Waals surface area contributed by atoms with Gasteiger partial charge in [-0.3, -0.25) is 0 Å². The van der Waals surface area contributed by atoms with Crippen LogP contribution in [0.25, 0.3) is 11.3 Å². The molecule has 6 heteroatoms. The number of nitrogen functional groups attached to an aromatic ring is 1. The van der Waals surface area contributed by atoms with Gasteiger partial charge < -0.3 is 10.3 Å². The zero-order valence-corrected chi connectivity index (χ0v) is 10.5. The molecule has 0 saturated heterocycles. The second-order valence-electron chi connectivity index (χ2n) is 4.54. The zero-order valence-electron chi connectivity index (χ0n) is 10.5. The molecule has 2 N–H and O–H groups in total. The Kier molecular flexibility index (Phi) is 3.26. The summed E-state index contributed by atoms with van der Waals surface area (Å²) in [6.07, 6.45) is -4.34. The maximum atomic E-state index is 12.5. The van der Waals surface area contributed by atoms with Crippen LogP contribution in [0.15, 0.2) is 28.8 Å². The molecule has 1 aromatic heterocycles. The SMILES string of the molecule is CC(C)c1c(-c2ccc(C(F)(F)F)cc2)noc1N. The fourth-order valence-corrected chi connectivity index (χ4v) is 1.89. The van der Waals surface area contributed by atoms with Crippen molar-refractivity contribution in [3.05, 3.63) is 35.4 Å². The summed E-state index contributed by atoms with van der Waals surface area (Å²) in [6, 6.07) is 4.77. The Morgan fingerprint density at radius 1 is 1.16 bits per heavy atom. The van der Waals surface area contributed by atoms with Gasteiger partial charge in [-0.05, 0) is 18.1 Å². The van der Waals surface area contributed by atoms with Gasteiger partial charge in [-0.15, -0.1) is 0 Å². The van der Waals surface area contributed by atoms with E-state index in [-0.39, 0.29) is 11.8 Å². The molecular formula is C13H13F3N2O. The van der Waals surface area contributed by atoms with Crippen LogP contribution in [0.2, 0.25) is 0 Å². The molecular weight excluding hydrogens is 257 g/mol. The van der Waals surface area contributed by atoms with Crippen LogP contribution >= 0.6 is 0 Å². The van der Waals surface area contributed by atoms with Crippen molar-refractivity contribution in [3.63, 3.8) is 0 Å². The van der Waals surface area contributed by atoms with Gasteiger partial charge in [0.15, 0.2) is 0 Å². The predicted molar refractivity (Wildman–Crippen MR) is 65.4 cm³/mol. The number of benzene rings is 1. The summed E-state index contributed by atoms with van der Waals surface area (Å²) in [5, 5.41) is 3.82. The highest BCUT2D eigenvalue weighted by molar-refractivity contribution is 5.68. The van der Waals surface area contributed by atoms with Crippen LogP contribution in [-0.4, -0.2) is 5.16 Å². The minimum Gasteiger partial charge on any atom is -0.367 e. The molecule has 0 amide bonds. The smallest absolute Gasteiger partial charge is 0.367 e. The van der Waals surface area contributed by atoms with E-state index in [2.05, 4.69) is 5.16 Å². The Hall–Kier alpha value is -1.98. The molecule has 102 valence electrons. The molecule has 1 aromatic carbocycles. The summed E-state index contributed by atoms with van der Waals surface area (Å²) in [5.74, 6) is 0.272. The van der Waals surface area contributed by atoms with Gasteiger partial charge in [0.05, 0.1) is 5.56 Å². The fourth-order valence-electron chi connectivity index (χ4n) is 1.89. The Bertz CT molecular complexity index is 571. The van der Waals surface area contributed by atoms with Gasteiger partial charge in [0.2, 0.25) is 5.88 Å². The second-order valence-corrected chi connectivity index (χ2v) is 4.54. The quantitative estimate of drug-likeness (QED) is 0.895. The second kappa shape index (κ2) is 4.60. The number of halogens is 3. The van der Waals surface area contributed by atoms with Gasteiger partial charge in [-0.25, -0.2) is 0 Å². The van der Waals surface area contributed by atoms with E-state index >= 15 is 0 Å². The van der Waals surface area contributed by atoms with Crippen LogP contribution < -0.4 is 5.73 Å². The first kappa shape index (κ1) is 13.5. The Morgan fingerprint density at radius 2 is 1.74 bits per heavy atom. The van der Waals surface area contributed by atoms with Crippen molar-refractivity contribution in [1.82, 2.24) is 5.16 Å². The molecule has 0 aliphatic heterocycles. The first-order valence-electron chi connectivity index (χ1n) is 5.73. The molecule has 0 bridgehead atoms. The third-order valence-electron chi connectivity index (χ3n) is 2.82. The number of anilines is 1. The summed E-state index contributed by atoms with van der Waals surface area (Å²) in [7, 11) is 0. The average Bonchev–Trinajstić information content (AvgIpc) is 2.70. The highest BCUT2D eigenvalue weighted by atomic mass is 19.4. The normalized spacial score (nSPS) is 12.1. The van der Waals surface area contributed by atoms with E-state index in [1.165, 1.54) is 12.1 Å². The van der Waals surface area contributed by atoms with Gasteiger partial charge in [0, 0.05) is 11.1 Å². The molecule has 0 aliphatic carbocycles. The summed E-state index contributed by atoms with van der Waals surface area (Å²) in [4.78, 5) is 0. The third-order valence-corrected chi connectivity index (χ3v) is 2.82. The van der Waals surface area contributed by atoms with Crippen LogP contribution in [0.5, 0.6) is 0 Å². The van der Waals surface area contributed by atoms with Gasteiger partial charge in [-0.1, -0.05) is 31.1 Å². The van der Waals surface area contributed by atoms with E-state index in [9.17, 15) is 13.2 Å². The third kappa shape index (κ3) is 2.57. The number of alkyl halides is 3. The van der Waals surface area contributed by atoms with Crippen molar-refractivity contribution in [2.24, 2.45) is 0 Å². The minimum atomic E-state index is -4.34. The Labute approximate surface area is 108 Å². The Balaban J connectivity index is 2.44. The van der Waals surface area contributed by atoms with Crippen LogP contribution in [-0.2, 0) is 6.18 Å². The van der Waals surface area contributed by atoms with Crippen molar-refractivity contribution in [1.29, 1.82) is 0 Å². The van der Waals surface area contributed by atoms with Crippen molar-refractivity contribution < 1.29 is 17.7 Å². The minimum absolute atomic E-state index is 0.0727. The maximum Gasteiger partial charge on any atom is 0.416 e. The number of hydrogen-bond acceptors (Lipinski definition) is 3. The first-order valence-corrected chi connectivity index (χ1v) is 5.73. The van der Waals surface area contributed by atoms with Crippen LogP contribution in [0.3, 0.4) is 0 Å². The molecule has 1 heterocycles. The van der Waals surface area contributed by atoms with Crippen molar-refractivity contribution in [2.75, 3.05) is 5.73 Å². The van der Waals surface area contributed by atoms with Crippen molar-refractivity contribution in [3.8, 4) is 11.3 Å². The number of nitrogens with two attached hydrogens (primary N) is 1. The molecule has 0 aliphatic rings. The maximum absolute atomic E-state index is 12.5. The molecule has 0 atom stereocenters. The van der Waals surface area contributed by atoms with E-state index in [1.54, 1.807) is 0 Å². The average molecular weight is 270 g/mol. The van der Waals surface area contributed by atoms with Crippen molar-refractivity contribution in [2.45, 2.75) is 25.9 Å². The van der Waals surface area contributed by atoms with Gasteiger partial charge in [0.1, 0.15) is 5.69 Å². The lowest BCUT2D eigenvalue weighted by Crippen LogP contribution is -2.04. The lowest BCUT2D eigenvalue weighted by molar-refractivity contribution is -0.137. The van der Waals surface area contributed by atoms with E-state index in [0.717, 1.165) is 12.1 Å². The van der Waals surface area contributed by atoms with Crippen molar-refractivity contribution >= 4 is 5.88 Å². The van der Waals surface area contributed by atoms with Gasteiger partial charge in [-0.2, -0.15) is 13.2 Å². The highest BCUT2D eigenvalue weighted by Gasteiger charge is 2.30. The number of hydrogen-bond donors (Lipinski definition) is 1. The van der Waals surface area contributed by atoms with E-state index in [1.807, 2.05) is 13.8 Å². The van der Waals surface area contributed by atoms with Gasteiger partial charge in [0.25, 0.3) is 0 Å². The molecule has 0 fully saturated rings. The number of aromatic nitrogens is 1. The monoisotopic (exact) mass is 270 g/mol. The first-order chi connectivity index (χ1) is 8.80. The molecule has 0 spiro atoms. The highest BCUT2D eigenvalue weighted by Crippen LogP contribution is 2.35. The van der Waals surface area contributed by atoms with Crippen LogP contribution in [0.1, 0.15) is 30.9 Å². The van der Waals surface area contributed by atoms with Crippen LogP contribution in [0, 0.1) is 0 Å². The van der Waals surface area contributed by atoms with Gasteiger partial charge >= 0.3 is 6.18 Å². The molecule has 0 saturated carbocycles. The topological polar surface area (TPSA) is 52.0 Å². The summed E-state index contributed by atoms with van der Waals surface area (Å²) in [5.41, 5.74) is 6.72. The molecule has 0 radical (unpaired) electrons. The van der Waals surface area contributed by atoms with Crippen LogP contribution in [0.4, 0.5) is 19.1 Å². The summed E-state index contributed by atoms with van der Waals surface area (Å²) >= 11 is 0. The largest absolute Gasteiger partial charge is 0.416 e. The lowest BCUT2D eigenvalue weighted by Gasteiger charge is -2.08. The molecule has 2 rings (SSSR count).